The van der Waals surface area contributed by atoms with Crippen LogP contribution in [0.25, 0.3) is 0 Å². The van der Waals surface area contributed by atoms with E-state index in [0.717, 1.165) is 63.3 Å². The lowest BCUT2D eigenvalue weighted by Crippen LogP contribution is -2.46. The smallest absolute Gasteiger partial charge is 0.162 e. The molecule has 5 rings (SSSR count). The zero-order valence-corrected chi connectivity index (χ0v) is 22.8. The molecule has 200 valence electrons. The number of rotatable bonds is 8. The summed E-state index contributed by atoms with van der Waals surface area (Å²) in [6.07, 6.45) is 24.3. The van der Waals surface area contributed by atoms with Crippen molar-refractivity contribution in [3.63, 3.8) is 0 Å². The van der Waals surface area contributed by atoms with Crippen LogP contribution in [-0.2, 0) is 6.42 Å². The third kappa shape index (κ3) is 5.97. The van der Waals surface area contributed by atoms with Gasteiger partial charge in [-0.15, -0.1) is 0 Å². The van der Waals surface area contributed by atoms with E-state index in [9.17, 15) is 0 Å². The number of aromatic nitrogens is 1. The monoisotopic (exact) mass is 513 g/mol. The van der Waals surface area contributed by atoms with Gasteiger partial charge in [0.05, 0.1) is 14.2 Å². The summed E-state index contributed by atoms with van der Waals surface area (Å²) < 4.78 is 17.8. The van der Waals surface area contributed by atoms with Crippen LogP contribution in [0.1, 0.15) is 25.3 Å². The molecule has 6 heteroatoms. The normalized spacial score (nSPS) is 24.0. The average molecular weight is 514 g/mol. The van der Waals surface area contributed by atoms with Crippen LogP contribution < -0.4 is 14.2 Å². The van der Waals surface area contributed by atoms with E-state index in [2.05, 4.69) is 70.3 Å². The highest BCUT2D eigenvalue weighted by Crippen LogP contribution is 2.52. The maximum Gasteiger partial charge on any atom is 0.162 e. The largest absolute Gasteiger partial charge is 0.493 e. The van der Waals surface area contributed by atoms with Crippen LogP contribution in [0.3, 0.4) is 0 Å². The van der Waals surface area contributed by atoms with Crippen molar-refractivity contribution in [1.82, 2.24) is 14.8 Å². The van der Waals surface area contributed by atoms with Gasteiger partial charge in [0.2, 0.25) is 0 Å². The molecular formula is C32H39N3O3. The second-order valence-corrected chi connectivity index (χ2v) is 10.2. The standard InChI is InChI=1S/C32H39N3O3/c1-4-26-21-31(37-3)30(36-2)13-16-33-15-12-29(26)38-32-14-11-28(22-27(32)23-32)35-19-17-34(18-20-35)24-25-9-7-5-6-8-10-25/h5-7,9-16,21-22,27H,4,8,17-20,23-24H2,1-3H3. The predicted molar refractivity (Wildman–Crippen MR) is 152 cm³/mol. The molecule has 0 radical (unpaired) electrons. The second kappa shape index (κ2) is 11.9. The maximum atomic E-state index is 6.72. The molecule has 4 aliphatic rings. The van der Waals surface area contributed by atoms with Crippen LogP contribution in [0.4, 0.5) is 0 Å². The molecule has 0 amide bonds. The molecule has 2 unspecified atom stereocenters. The molecule has 0 N–H and O–H groups in total. The third-order valence-corrected chi connectivity index (χ3v) is 7.74. The summed E-state index contributed by atoms with van der Waals surface area (Å²) in [7, 11) is 3.29. The number of fused-ring (bicyclic) bond motifs is 1. The molecule has 1 aliphatic heterocycles. The van der Waals surface area contributed by atoms with Crippen LogP contribution in [-0.4, -0.2) is 67.3 Å². The number of hydrogen-bond acceptors (Lipinski definition) is 6. The summed E-state index contributed by atoms with van der Waals surface area (Å²) >= 11 is 0. The molecule has 3 aliphatic carbocycles. The lowest BCUT2D eigenvalue weighted by Gasteiger charge is -2.37. The predicted octanol–water partition coefficient (Wildman–Crippen LogP) is 5.44. The van der Waals surface area contributed by atoms with Crippen molar-refractivity contribution in [3.05, 3.63) is 96.0 Å². The molecule has 1 aromatic heterocycles. The summed E-state index contributed by atoms with van der Waals surface area (Å²) in [5.74, 6) is 2.49. The zero-order chi connectivity index (χ0) is 26.4. The minimum Gasteiger partial charge on any atom is -0.493 e. The van der Waals surface area contributed by atoms with Gasteiger partial charge in [0.15, 0.2) is 11.5 Å². The zero-order valence-electron chi connectivity index (χ0n) is 22.8. The summed E-state index contributed by atoms with van der Waals surface area (Å²) in [6, 6.07) is 5.76. The van der Waals surface area contributed by atoms with E-state index in [4.69, 9.17) is 14.2 Å². The van der Waals surface area contributed by atoms with Crippen molar-refractivity contribution in [2.75, 3.05) is 46.9 Å². The number of allylic oxidation sites excluding steroid dienone is 5. The van der Waals surface area contributed by atoms with E-state index >= 15 is 0 Å². The van der Waals surface area contributed by atoms with Crippen LogP contribution in [0.15, 0.2) is 90.5 Å². The minimum absolute atomic E-state index is 0.285. The van der Waals surface area contributed by atoms with Crippen molar-refractivity contribution < 1.29 is 14.2 Å². The van der Waals surface area contributed by atoms with Gasteiger partial charge in [-0.05, 0) is 48.3 Å². The van der Waals surface area contributed by atoms with Gasteiger partial charge in [0.25, 0.3) is 0 Å². The topological polar surface area (TPSA) is 47.1 Å². The van der Waals surface area contributed by atoms with Crippen molar-refractivity contribution in [2.45, 2.75) is 31.8 Å². The lowest BCUT2D eigenvalue weighted by molar-refractivity contribution is 0.169. The number of aryl methyl sites for hydroxylation is 1. The van der Waals surface area contributed by atoms with Crippen LogP contribution in [0, 0.1) is 5.92 Å². The van der Waals surface area contributed by atoms with Crippen molar-refractivity contribution in [2.24, 2.45) is 5.92 Å². The van der Waals surface area contributed by atoms with Crippen molar-refractivity contribution in [1.29, 1.82) is 0 Å². The first-order valence-corrected chi connectivity index (χ1v) is 13.7. The Morgan fingerprint density at radius 1 is 0.974 bits per heavy atom. The number of piperazine rings is 1. The number of hydrogen-bond donors (Lipinski definition) is 0. The van der Waals surface area contributed by atoms with E-state index in [0.29, 0.717) is 17.4 Å². The first-order valence-electron chi connectivity index (χ1n) is 13.7. The first-order chi connectivity index (χ1) is 18.6. The van der Waals surface area contributed by atoms with E-state index in [1.54, 1.807) is 32.7 Å². The Morgan fingerprint density at radius 2 is 1.76 bits per heavy atom. The van der Waals surface area contributed by atoms with E-state index in [1.807, 2.05) is 12.1 Å². The maximum absolute atomic E-state index is 6.72. The summed E-state index contributed by atoms with van der Waals surface area (Å²) in [4.78, 5) is 9.45. The molecule has 1 saturated carbocycles. The Labute approximate surface area is 226 Å². The van der Waals surface area contributed by atoms with Gasteiger partial charge in [0, 0.05) is 69.2 Å². The van der Waals surface area contributed by atoms with Gasteiger partial charge in [-0.1, -0.05) is 43.4 Å². The number of ether oxygens (including phenoxy) is 3. The number of methoxy groups -OCH3 is 2. The molecule has 38 heavy (non-hydrogen) atoms. The summed E-state index contributed by atoms with van der Waals surface area (Å²) in [6.45, 7) is 7.43. The highest BCUT2D eigenvalue weighted by molar-refractivity contribution is 5.45. The van der Waals surface area contributed by atoms with Crippen molar-refractivity contribution >= 4 is 0 Å². The van der Waals surface area contributed by atoms with Gasteiger partial charge >= 0.3 is 0 Å². The molecule has 6 nitrogen and oxygen atoms in total. The fraction of sp³-hybridized carbons (Fsp3) is 0.406. The molecule has 2 fully saturated rings. The molecular weight excluding hydrogens is 474 g/mol. The molecule has 0 spiro atoms. The second-order valence-electron chi connectivity index (χ2n) is 10.2. The van der Waals surface area contributed by atoms with Gasteiger partial charge in [-0.25, -0.2) is 0 Å². The molecule has 1 saturated heterocycles. The van der Waals surface area contributed by atoms with Gasteiger partial charge < -0.3 is 19.1 Å². The Hall–Kier alpha value is -3.51. The van der Waals surface area contributed by atoms with Gasteiger partial charge in [-0.2, -0.15) is 0 Å². The van der Waals surface area contributed by atoms with Gasteiger partial charge in [0.1, 0.15) is 11.4 Å². The SMILES string of the molecule is CCc1cc(OC)c(OC)ccnccc1OC12C=CC(N3CCN(CC4=CCC=CC=C4)CC3)=CC1C2. The highest BCUT2D eigenvalue weighted by atomic mass is 16.5. The highest BCUT2D eigenvalue weighted by Gasteiger charge is 2.55. The Bertz CT molecular complexity index is 1220. The Morgan fingerprint density at radius 3 is 2.50 bits per heavy atom. The van der Waals surface area contributed by atoms with E-state index < -0.39 is 0 Å². The lowest BCUT2D eigenvalue weighted by atomic mass is 10.1. The summed E-state index contributed by atoms with van der Waals surface area (Å²) in [5, 5.41) is 0. The van der Waals surface area contributed by atoms with Crippen LogP contribution in [0.2, 0.25) is 0 Å². The van der Waals surface area contributed by atoms with E-state index in [-0.39, 0.29) is 5.60 Å². The molecule has 0 bridgehead atoms. The molecule has 2 heterocycles. The molecule has 1 aromatic rings. The number of nitrogens with zero attached hydrogens (tertiary/aromatic N) is 3. The molecule has 0 aromatic carbocycles. The average Bonchev–Trinajstić information content (AvgIpc) is 3.71. The summed E-state index contributed by atoms with van der Waals surface area (Å²) in [5.41, 5.74) is 3.51. The van der Waals surface area contributed by atoms with Crippen LogP contribution >= 0.6 is 0 Å². The van der Waals surface area contributed by atoms with Crippen LogP contribution in [0.5, 0.6) is 17.2 Å². The Balaban J connectivity index is 1.25. The molecule has 2 atom stereocenters. The fourth-order valence-corrected chi connectivity index (χ4v) is 5.36. The third-order valence-electron chi connectivity index (χ3n) is 7.74. The Kier molecular flexibility index (Phi) is 8.18. The van der Waals surface area contributed by atoms with E-state index in [1.165, 1.54) is 11.3 Å². The quantitative estimate of drug-likeness (QED) is 0.462. The first kappa shape index (κ1) is 26.1. The fourth-order valence-electron chi connectivity index (χ4n) is 5.36. The van der Waals surface area contributed by atoms with Crippen molar-refractivity contribution in [3.8, 4) is 17.2 Å². The van der Waals surface area contributed by atoms with Gasteiger partial charge in [-0.3, -0.25) is 9.88 Å². The minimum atomic E-state index is -0.285.